The topological polar surface area (TPSA) is 55.6 Å². The Bertz CT molecular complexity index is 1240. The van der Waals surface area contributed by atoms with Crippen molar-refractivity contribution in [3.63, 3.8) is 0 Å². The summed E-state index contributed by atoms with van der Waals surface area (Å²) in [4.78, 5) is 17.3. The monoisotopic (exact) mass is 367 g/mol. The molecule has 136 valence electrons. The molecule has 1 amide bonds. The molecule has 1 aliphatic heterocycles. The van der Waals surface area contributed by atoms with E-state index in [1.54, 1.807) is 7.11 Å². The molecule has 0 saturated carbocycles. The smallest absolute Gasteiger partial charge is 0.256 e. The van der Waals surface area contributed by atoms with Crippen molar-refractivity contribution in [3.05, 3.63) is 84.2 Å². The normalized spacial score (nSPS) is 14.3. The third kappa shape index (κ3) is 2.56. The van der Waals surface area contributed by atoms with Crippen LogP contribution < -0.4 is 10.1 Å². The average molecular weight is 367 g/mol. The third-order valence-corrected chi connectivity index (χ3v) is 4.92. The van der Waals surface area contributed by atoms with E-state index in [4.69, 9.17) is 9.72 Å². The second-order valence-electron chi connectivity index (χ2n) is 6.56. The molecule has 0 aliphatic carbocycles. The SMILES string of the molecule is COc1ccc(-c2nc(/C=C3\C(=O)Nc4ccccc43)c3ccccn23)cc1. The Morgan fingerprint density at radius 1 is 1.00 bits per heavy atom. The molecule has 5 heteroatoms. The number of carbonyl (C=O) groups is 1. The molecule has 28 heavy (non-hydrogen) atoms. The third-order valence-electron chi connectivity index (χ3n) is 4.92. The molecule has 5 rings (SSSR count). The summed E-state index contributed by atoms with van der Waals surface area (Å²) in [7, 11) is 1.65. The van der Waals surface area contributed by atoms with Gasteiger partial charge in [-0.25, -0.2) is 4.98 Å². The zero-order valence-corrected chi connectivity index (χ0v) is 15.2. The molecule has 1 N–H and O–H groups in total. The Hall–Kier alpha value is -3.86. The van der Waals surface area contributed by atoms with Crippen LogP contribution in [0.25, 0.3) is 28.6 Å². The highest BCUT2D eigenvalue weighted by Crippen LogP contribution is 2.34. The maximum atomic E-state index is 12.5. The first-order valence-corrected chi connectivity index (χ1v) is 8.98. The fourth-order valence-corrected chi connectivity index (χ4v) is 3.53. The molecule has 0 fully saturated rings. The van der Waals surface area contributed by atoms with Gasteiger partial charge in [0.25, 0.3) is 5.91 Å². The van der Waals surface area contributed by atoms with Crippen LogP contribution in [0.3, 0.4) is 0 Å². The lowest BCUT2D eigenvalue weighted by Gasteiger charge is -2.03. The Morgan fingerprint density at radius 2 is 1.79 bits per heavy atom. The average Bonchev–Trinajstić information content (AvgIpc) is 3.26. The first kappa shape index (κ1) is 16.3. The Kier molecular flexibility index (Phi) is 3.72. The van der Waals surface area contributed by atoms with Gasteiger partial charge in [0.05, 0.1) is 23.9 Å². The van der Waals surface area contributed by atoms with Gasteiger partial charge in [-0.1, -0.05) is 24.3 Å². The van der Waals surface area contributed by atoms with Gasteiger partial charge >= 0.3 is 0 Å². The minimum atomic E-state index is -0.107. The molecule has 0 spiro atoms. The second-order valence-corrected chi connectivity index (χ2v) is 6.56. The predicted molar refractivity (Wildman–Crippen MR) is 110 cm³/mol. The molecule has 0 radical (unpaired) electrons. The number of ether oxygens (including phenoxy) is 1. The summed E-state index contributed by atoms with van der Waals surface area (Å²) >= 11 is 0. The van der Waals surface area contributed by atoms with Crippen LogP contribution in [-0.4, -0.2) is 22.4 Å². The molecule has 4 aromatic rings. The van der Waals surface area contributed by atoms with E-state index in [0.717, 1.165) is 39.6 Å². The van der Waals surface area contributed by atoms with Crippen molar-refractivity contribution < 1.29 is 9.53 Å². The van der Waals surface area contributed by atoms with Crippen molar-refractivity contribution in [2.24, 2.45) is 0 Å². The number of benzene rings is 2. The Labute approximate surface area is 161 Å². The molecular formula is C23H17N3O2. The predicted octanol–water partition coefficient (Wildman–Crippen LogP) is 4.50. The highest BCUT2D eigenvalue weighted by Gasteiger charge is 2.24. The first-order chi connectivity index (χ1) is 13.7. The summed E-state index contributed by atoms with van der Waals surface area (Å²) in [5.41, 5.74) is 5.03. The number of nitrogens with zero attached hydrogens (tertiary/aromatic N) is 2. The minimum Gasteiger partial charge on any atom is -0.497 e. The lowest BCUT2D eigenvalue weighted by molar-refractivity contribution is -0.110. The van der Waals surface area contributed by atoms with Gasteiger partial charge in [0.1, 0.15) is 11.6 Å². The number of anilines is 1. The van der Waals surface area contributed by atoms with Gasteiger partial charge < -0.3 is 10.1 Å². The van der Waals surface area contributed by atoms with Crippen molar-refractivity contribution in [1.29, 1.82) is 0 Å². The summed E-state index contributed by atoms with van der Waals surface area (Å²) < 4.78 is 7.29. The van der Waals surface area contributed by atoms with Crippen LogP contribution in [0.1, 0.15) is 11.3 Å². The van der Waals surface area contributed by atoms with E-state index >= 15 is 0 Å². The maximum absolute atomic E-state index is 12.5. The maximum Gasteiger partial charge on any atom is 0.256 e. The van der Waals surface area contributed by atoms with Crippen LogP contribution in [-0.2, 0) is 4.79 Å². The number of methoxy groups -OCH3 is 1. The number of amides is 1. The summed E-state index contributed by atoms with van der Waals surface area (Å²) in [6.45, 7) is 0. The number of para-hydroxylation sites is 1. The zero-order valence-electron chi connectivity index (χ0n) is 15.2. The fourth-order valence-electron chi connectivity index (χ4n) is 3.53. The number of aromatic nitrogens is 2. The van der Waals surface area contributed by atoms with E-state index in [9.17, 15) is 4.79 Å². The van der Waals surface area contributed by atoms with Crippen molar-refractivity contribution in [2.75, 3.05) is 12.4 Å². The number of imidazole rings is 1. The highest BCUT2D eigenvalue weighted by molar-refractivity contribution is 6.35. The molecule has 3 heterocycles. The summed E-state index contributed by atoms with van der Waals surface area (Å²) in [5.74, 6) is 1.51. The standard InChI is InChI=1S/C23H17N3O2/c1-28-16-11-9-15(10-12-16)22-24-20(21-8-4-5-13-26(21)22)14-18-17-6-2-3-7-19(17)25-23(18)27/h2-14H,1H3,(H,25,27)/b18-14-. The van der Waals surface area contributed by atoms with E-state index in [0.29, 0.717) is 5.57 Å². The number of nitrogens with one attached hydrogen (secondary N) is 1. The first-order valence-electron chi connectivity index (χ1n) is 8.98. The lowest BCUT2D eigenvalue weighted by Crippen LogP contribution is -2.03. The van der Waals surface area contributed by atoms with Gasteiger partial charge in [0, 0.05) is 23.0 Å². The van der Waals surface area contributed by atoms with Gasteiger partial charge in [-0.05, 0) is 48.5 Å². The van der Waals surface area contributed by atoms with Crippen molar-refractivity contribution in [1.82, 2.24) is 9.38 Å². The van der Waals surface area contributed by atoms with Crippen LogP contribution in [0.2, 0.25) is 0 Å². The van der Waals surface area contributed by atoms with Crippen LogP contribution in [0, 0.1) is 0 Å². The number of pyridine rings is 1. The summed E-state index contributed by atoms with van der Waals surface area (Å²) in [6, 6.07) is 21.4. The second kappa shape index (κ2) is 6.39. The molecule has 0 bridgehead atoms. The molecule has 1 aliphatic rings. The lowest BCUT2D eigenvalue weighted by atomic mass is 10.1. The zero-order chi connectivity index (χ0) is 19.1. The van der Waals surface area contributed by atoms with Gasteiger partial charge in [0.15, 0.2) is 0 Å². The molecule has 0 saturated heterocycles. The van der Waals surface area contributed by atoms with Crippen LogP contribution in [0.4, 0.5) is 5.69 Å². The van der Waals surface area contributed by atoms with E-state index < -0.39 is 0 Å². The quantitative estimate of drug-likeness (QED) is 0.542. The minimum absolute atomic E-state index is 0.107. The largest absolute Gasteiger partial charge is 0.497 e. The van der Waals surface area contributed by atoms with Gasteiger partial charge in [-0.3, -0.25) is 9.20 Å². The number of carbonyl (C=O) groups excluding carboxylic acids is 1. The van der Waals surface area contributed by atoms with E-state index in [1.165, 1.54) is 0 Å². The Morgan fingerprint density at radius 3 is 2.61 bits per heavy atom. The number of fused-ring (bicyclic) bond motifs is 2. The van der Waals surface area contributed by atoms with E-state index in [2.05, 4.69) is 5.32 Å². The van der Waals surface area contributed by atoms with Crippen LogP contribution in [0.5, 0.6) is 5.75 Å². The van der Waals surface area contributed by atoms with Crippen molar-refractivity contribution in [3.8, 4) is 17.1 Å². The van der Waals surface area contributed by atoms with E-state index in [1.807, 2.05) is 83.4 Å². The van der Waals surface area contributed by atoms with E-state index in [-0.39, 0.29) is 5.91 Å². The molecule has 0 unspecified atom stereocenters. The van der Waals surface area contributed by atoms with Gasteiger partial charge in [0.2, 0.25) is 0 Å². The van der Waals surface area contributed by atoms with Crippen LogP contribution >= 0.6 is 0 Å². The van der Waals surface area contributed by atoms with Gasteiger partial charge in [-0.15, -0.1) is 0 Å². The fraction of sp³-hybridized carbons (Fsp3) is 0.0435. The molecule has 5 nitrogen and oxygen atoms in total. The number of hydrogen-bond acceptors (Lipinski definition) is 3. The van der Waals surface area contributed by atoms with Crippen molar-refractivity contribution >= 4 is 28.8 Å². The van der Waals surface area contributed by atoms with Gasteiger partial charge in [-0.2, -0.15) is 0 Å². The van der Waals surface area contributed by atoms with Crippen LogP contribution in [0.15, 0.2) is 72.9 Å². The molecular weight excluding hydrogens is 350 g/mol. The molecule has 2 aromatic carbocycles. The summed E-state index contributed by atoms with van der Waals surface area (Å²) in [6.07, 6.45) is 3.84. The molecule has 2 aromatic heterocycles. The highest BCUT2D eigenvalue weighted by atomic mass is 16.5. The van der Waals surface area contributed by atoms with Crippen molar-refractivity contribution in [2.45, 2.75) is 0 Å². The summed E-state index contributed by atoms with van der Waals surface area (Å²) in [5, 5.41) is 2.91. The Balaban J connectivity index is 1.68. The number of rotatable bonds is 3. The molecule has 0 atom stereocenters. The number of hydrogen-bond donors (Lipinski definition) is 1.